The number of carbonyl (C=O) groups excluding carboxylic acids is 1. The van der Waals surface area contributed by atoms with Crippen molar-refractivity contribution in [2.24, 2.45) is 0 Å². The molecule has 0 radical (unpaired) electrons. The number of amides is 1. The molecule has 0 spiro atoms. The second-order valence-electron chi connectivity index (χ2n) is 6.37. The normalized spacial score (nSPS) is 21.7. The molecule has 1 aliphatic heterocycles. The maximum Gasteiger partial charge on any atom is 0.411 e. The maximum absolute atomic E-state index is 12.8. The number of benzene rings is 2. The largest absolute Gasteiger partial charge is 0.438 e. The summed E-state index contributed by atoms with van der Waals surface area (Å²) in [5, 5.41) is 9.50. The SMILES string of the molecule is CC(c1ccc(Br)cc1)N1CCC(CCO)(c2ccccc2)OC1=O. The molecule has 0 bridgehead atoms. The molecular formula is C20H22BrNO3. The molecule has 1 amide bonds. The highest BCUT2D eigenvalue weighted by molar-refractivity contribution is 9.10. The van der Waals surface area contributed by atoms with E-state index in [4.69, 9.17) is 4.74 Å². The lowest BCUT2D eigenvalue weighted by Crippen LogP contribution is -2.49. The monoisotopic (exact) mass is 403 g/mol. The second-order valence-corrected chi connectivity index (χ2v) is 7.29. The van der Waals surface area contributed by atoms with Crippen LogP contribution in [0.4, 0.5) is 4.79 Å². The number of rotatable bonds is 5. The lowest BCUT2D eigenvalue weighted by Gasteiger charge is -2.43. The first-order chi connectivity index (χ1) is 12.1. The van der Waals surface area contributed by atoms with Gasteiger partial charge in [0.15, 0.2) is 0 Å². The minimum atomic E-state index is -0.747. The Labute approximate surface area is 156 Å². The molecule has 1 N–H and O–H groups in total. The van der Waals surface area contributed by atoms with Gasteiger partial charge in [-0.3, -0.25) is 0 Å². The van der Waals surface area contributed by atoms with Gasteiger partial charge in [-0.2, -0.15) is 0 Å². The van der Waals surface area contributed by atoms with Crippen molar-refractivity contribution in [2.75, 3.05) is 13.2 Å². The number of ether oxygens (including phenoxy) is 1. The zero-order valence-corrected chi connectivity index (χ0v) is 15.8. The standard InChI is InChI=1S/C20H22BrNO3/c1-15(16-7-9-18(21)10-8-16)22-13-11-20(12-14-23,25-19(22)24)17-5-3-2-4-6-17/h2-10,15,23H,11-14H2,1H3. The van der Waals surface area contributed by atoms with Crippen LogP contribution in [-0.4, -0.2) is 29.3 Å². The van der Waals surface area contributed by atoms with E-state index < -0.39 is 5.60 Å². The Morgan fingerprint density at radius 1 is 1.20 bits per heavy atom. The fourth-order valence-corrected chi connectivity index (χ4v) is 3.65. The summed E-state index contributed by atoms with van der Waals surface area (Å²) >= 11 is 3.43. The first kappa shape index (κ1) is 18.0. The first-order valence-electron chi connectivity index (χ1n) is 8.47. The molecule has 0 aliphatic carbocycles. The van der Waals surface area contributed by atoms with Crippen molar-refractivity contribution in [2.45, 2.75) is 31.4 Å². The predicted octanol–water partition coefficient (Wildman–Crippen LogP) is 4.63. The van der Waals surface area contributed by atoms with E-state index >= 15 is 0 Å². The van der Waals surface area contributed by atoms with Crippen LogP contribution in [0.3, 0.4) is 0 Å². The lowest BCUT2D eigenvalue weighted by molar-refractivity contribution is -0.0718. The Balaban J connectivity index is 1.81. The fraction of sp³-hybridized carbons (Fsp3) is 0.350. The van der Waals surface area contributed by atoms with Crippen LogP contribution in [0.25, 0.3) is 0 Å². The van der Waals surface area contributed by atoms with Crippen LogP contribution in [0, 0.1) is 0 Å². The van der Waals surface area contributed by atoms with Gasteiger partial charge in [0.25, 0.3) is 0 Å². The van der Waals surface area contributed by atoms with Gasteiger partial charge in [-0.1, -0.05) is 58.4 Å². The molecule has 2 unspecified atom stereocenters. The molecule has 0 saturated carbocycles. The average Bonchev–Trinajstić information content (AvgIpc) is 2.63. The molecule has 1 heterocycles. The molecule has 4 nitrogen and oxygen atoms in total. The van der Waals surface area contributed by atoms with Gasteiger partial charge in [-0.25, -0.2) is 4.79 Å². The summed E-state index contributed by atoms with van der Waals surface area (Å²) in [6.45, 7) is 2.57. The summed E-state index contributed by atoms with van der Waals surface area (Å²) in [5.74, 6) is 0. The van der Waals surface area contributed by atoms with E-state index in [1.807, 2.05) is 61.5 Å². The smallest absolute Gasteiger partial charge is 0.411 e. The number of aliphatic hydroxyl groups excluding tert-OH is 1. The summed E-state index contributed by atoms with van der Waals surface area (Å²) in [7, 11) is 0. The lowest BCUT2D eigenvalue weighted by atomic mass is 9.85. The van der Waals surface area contributed by atoms with E-state index in [2.05, 4.69) is 15.9 Å². The Morgan fingerprint density at radius 3 is 2.48 bits per heavy atom. The van der Waals surface area contributed by atoms with Crippen LogP contribution in [0.15, 0.2) is 59.1 Å². The van der Waals surface area contributed by atoms with Gasteiger partial charge in [0.2, 0.25) is 0 Å². The topological polar surface area (TPSA) is 49.8 Å². The zero-order chi connectivity index (χ0) is 17.9. The van der Waals surface area contributed by atoms with Crippen LogP contribution in [0.1, 0.15) is 36.9 Å². The van der Waals surface area contributed by atoms with Crippen molar-refractivity contribution in [3.63, 3.8) is 0 Å². The van der Waals surface area contributed by atoms with E-state index in [0.717, 1.165) is 15.6 Å². The summed E-state index contributed by atoms with van der Waals surface area (Å²) in [4.78, 5) is 14.5. The molecule has 1 fully saturated rings. The van der Waals surface area contributed by atoms with E-state index in [1.54, 1.807) is 4.90 Å². The third-order valence-electron chi connectivity index (χ3n) is 4.91. The number of halogens is 1. The van der Waals surface area contributed by atoms with E-state index in [9.17, 15) is 9.90 Å². The van der Waals surface area contributed by atoms with Gasteiger partial charge in [-0.15, -0.1) is 0 Å². The highest BCUT2D eigenvalue weighted by Crippen LogP contribution is 2.39. The van der Waals surface area contributed by atoms with Crippen molar-refractivity contribution < 1.29 is 14.6 Å². The zero-order valence-electron chi connectivity index (χ0n) is 14.2. The molecule has 5 heteroatoms. The Kier molecular flexibility index (Phi) is 5.45. The van der Waals surface area contributed by atoms with Crippen molar-refractivity contribution in [3.05, 3.63) is 70.2 Å². The van der Waals surface area contributed by atoms with Crippen LogP contribution < -0.4 is 0 Å². The average molecular weight is 404 g/mol. The molecule has 1 aliphatic rings. The van der Waals surface area contributed by atoms with Crippen LogP contribution in [0.2, 0.25) is 0 Å². The Hall–Kier alpha value is -1.85. The highest BCUT2D eigenvalue weighted by atomic mass is 79.9. The quantitative estimate of drug-likeness (QED) is 0.791. The van der Waals surface area contributed by atoms with Crippen LogP contribution >= 0.6 is 15.9 Å². The first-order valence-corrected chi connectivity index (χ1v) is 9.26. The minimum absolute atomic E-state index is 0.0234. The summed E-state index contributed by atoms with van der Waals surface area (Å²) in [6.07, 6.45) is 0.729. The third-order valence-corrected chi connectivity index (χ3v) is 5.44. The van der Waals surface area contributed by atoms with Gasteiger partial charge in [-0.05, 0) is 30.2 Å². The van der Waals surface area contributed by atoms with E-state index in [-0.39, 0.29) is 18.7 Å². The van der Waals surface area contributed by atoms with Gasteiger partial charge in [0, 0.05) is 30.5 Å². The molecule has 2 aromatic carbocycles. The molecule has 25 heavy (non-hydrogen) atoms. The molecule has 2 aromatic rings. The van der Waals surface area contributed by atoms with Crippen molar-refractivity contribution in [1.29, 1.82) is 0 Å². The van der Waals surface area contributed by atoms with Gasteiger partial charge in [0.05, 0.1) is 6.04 Å². The summed E-state index contributed by atoms with van der Waals surface area (Å²) < 4.78 is 6.91. The van der Waals surface area contributed by atoms with Crippen LogP contribution in [0.5, 0.6) is 0 Å². The van der Waals surface area contributed by atoms with Crippen molar-refractivity contribution in [1.82, 2.24) is 4.90 Å². The van der Waals surface area contributed by atoms with Crippen LogP contribution in [-0.2, 0) is 10.3 Å². The predicted molar refractivity (Wildman–Crippen MR) is 100 cm³/mol. The molecule has 0 aromatic heterocycles. The third kappa shape index (κ3) is 3.72. The second kappa shape index (κ2) is 7.58. The molecule has 3 rings (SSSR count). The molecule has 132 valence electrons. The Morgan fingerprint density at radius 2 is 1.88 bits per heavy atom. The molecule has 1 saturated heterocycles. The number of cyclic esters (lactones) is 1. The van der Waals surface area contributed by atoms with Crippen molar-refractivity contribution >= 4 is 22.0 Å². The maximum atomic E-state index is 12.8. The number of nitrogens with zero attached hydrogens (tertiary/aromatic N) is 1. The van der Waals surface area contributed by atoms with E-state index in [1.165, 1.54) is 0 Å². The van der Waals surface area contributed by atoms with Gasteiger partial charge in [0.1, 0.15) is 5.60 Å². The molecule has 2 atom stereocenters. The summed E-state index contributed by atoms with van der Waals surface area (Å²) in [5.41, 5.74) is 1.26. The van der Waals surface area contributed by atoms with Gasteiger partial charge >= 0.3 is 6.09 Å². The minimum Gasteiger partial charge on any atom is -0.438 e. The fourth-order valence-electron chi connectivity index (χ4n) is 3.39. The Bertz CT molecular complexity index is 719. The number of aliphatic hydroxyl groups is 1. The molecular weight excluding hydrogens is 382 g/mol. The highest BCUT2D eigenvalue weighted by Gasteiger charge is 2.43. The summed E-state index contributed by atoms with van der Waals surface area (Å²) in [6, 6.07) is 17.6. The number of hydrogen-bond donors (Lipinski definition) is 1. The van der Waals surface area contributed by atoms with Gasteiger partial charge < -0.3 is 14.7 Å². The number of carbonyl (C=O) groups is 1. The number of hydrogen-bond acceptors (Lipinski definition) is 3. The van der Waals surface area contributed by atoms with E-state index in [0.29, 0.717) is 19.4 Å². The van der Waals surface area contributed by atoms with Crippen molar-refractivity contribution in [3.8, 4) is 0 Å².